The van der Waals surface area contributed by atoms with Crippen LogP contribution < -0.4 is 0 Å². The average molecular weight is 248 g/mol. The lowest BCUT2D eigenvalue weighted by molar-refractivity contribution is -0.133. The summed E-state index contributed by atoms with van der Waals surface area (Å²) >= 11 is 1.37. The van der Waals surface area contributed by atoms with Gasteiger partial charge in [0.2, 0.25) is 0 Å². The molecule has 0 amide bonds. The molecule has 0 aliphatic rings. The van der Waals surface area contributed by atoms with E-state index in [2.05, 4.69) is 5.10 Å². The van der Waals surface area contributed by atoms with Crippen LogP contribution in [0.25, 0.3) is 5.69 Å². The van der Waals surface area contributed by atoms with Crippen molar-refractivity contribution in [1.29, 1.82) is 0 Å². The fraction of sp³-hybridized carbons (Fsp3) is 0.167. The summed E-state index contributed by atoms with van der Waals surface area (Å²) in [6.45, 7) is 0. The summed E-state index contributed by atoms with van der Waals surface area (Å²) in [5.41, 5.74) is 2.03. The molecule has 88 valence electrons. The monoisotopic (exact) mass is 248 g/mol. The minimum Gasteiger partial charge on any atom is -0.481 e. The summed E-state index contributed by atoms with van der Waals surface area (Å²) in [4.78, 5) is 10.4. The van der Waals surface area contributed by atoms with Crippen LogP contribution in [0.4, 0.5) is 0 Å². The van der Waals surface area contributed by atoms with E-state index >= 15 is 0 Å². The Morgan fingerprint density at radius 3 is 2.82 bits per heavy atom. The van der Waals surface area contributed by atoms with Crippen LogP contribution in [0.5, 0.6) is 0 Å². The first kappa shape index (κ1) is 11.7. The molecular weight excluding hydrogens is 236 g/mol. The lowest BCUT2D eigenvalue weighted by Gasteiger charge is -1.99. The van der Waals surface area contributed by atoms with Crippen molar-refractivity contribution in [1.82, 2.24) is 9.78 Å². The second-order valence-electron chi connectivity index (χ2n) is 3.52. The van der Waals surface area contributed by atoms with Gasteiger partial charge in [-0.25, -0.2) is 4.68 Å². The smallest absolute Gasteiger partial charge is 0.313 e. The quantitative estimate of drug-likeness (QED) is 0.881. The van der Waals surface area contributed by atoms with E-state index in [-0.39, 0.29) is 5.75 Å². The van der Waals surface area contributed by atoms with E-state index < -0.39 is 5.97 Å². The maximum absolute atomic E-state index is 10.4. The summed E-state index contributed by atoms with van der Waals surface area (Å²) < 4.78 is 1.79. The molecule has 0 saturated heterocycles. The van der Waals surface area contributed by atoms with Gasteiger partial charge in [0.15, 0.2) is 0 Å². The zero-order valence-corrected chi connectivity index (χ0v) is 9.93. The van der Waals surface area contributed by atoms with Gasteiger partial charge in [-0.1, -0.05) is 18.2 Å². The molecule has 0 aliphatic heterocycles. The Labute approximate surface area is 103 Å². The third-order valence-corrected chi connectivity index (χ3v) is 3.14. The van der Waals surface area contributed by atoms with Gasteiger partial charge in [0, 0.05) is 17.5 Å². The van der Waals surface area contributed by atoms with Crippen molar-refractivity contribution < 1.29 is 9.90 Å². The Hall–Kier alpha value is -1.75. The predicted molar refractivity (Wildman–Crippen MR) is 67.4 cm³/mol. The molecular formula is C12H12N2O2S. The first-order valence-electron chi connectivity index (χ1n) is 5.14. The van der Waals surface area contributed by atoms with Crippen molar-refractivity contribution in [3.63, 3.8) is 0 Å². The van der Waals surface area contributed by atoms with Gasteiger partial charge in [-0.15, -0.1) is 11.8 Å². The summed E-state index contributed by atoms with van der Waals surface area (Å²) in [6, 6.07) is 9.81. The van der Waals surface area contributed by atoms with Gasteiger partial charge in [-0.3, -0.25) is 4.79 Å². The third-order valence-electron chi connectivity index (χ3n) is 2.15. The van der Waals surface area contributed by atoms with Crippen LogP contribution in [0.1, 0.15) is 5.56 Å². The van der Waals surface area contributed by atoms with Crippen LogP contribution in [0.3, 0.4) is 0 Å². The molecule has 1 aromatic heterocycles. The minimum absolute atomic E-state index is 0.122. The second kappa shape index (κ2) is 5.54. The Balaban J connectivity index is 1.99. The number of para-hydroxylation sites is 1. The lowest BCUT2D eigenvalue weighted by atomic mass is 10.3. The first-order valence-corrected chi connectivity index (χ1v) is 6.29. The van der Waals surface area contributed by atoms with Gasteiger partial charge in [0.25, 0.3) is 0 Å². The van der Waals surface area contributed by atoms with Crippen molar-refractivity contribution in [2.45, 2.75) is 5.75 Å². The number of rotatable bonds is 5. The Morgan fingerprint density at radius 2 is 2.12 bits per heavy atom. The molecule has 1 N–H and O–H groups in total. The van der Waals surface area contributed by atoms with E-state index in [1.807, 2.05) is 36.5 Å². The fourth-order valence-corrected chi connectivity index (χ4v) is 2.07. The topological polar surface area (TPSA) is 55.1 Å². The third kappa shape index (κ3) is 3.35. The molecule has 0 aliphatic carbocycles. The van der Waals surface area contributed by atoms with Crippen LogP contribution in [-0.2, 0) is 10.5 Å². The van der Waals surface area contributed by atoms with Gasteiger partial charge >= 0.3 is 5.97 Å². The fourth-order valence-electron chi connectivity index (χ4n) is 1.41. The maximum Gasteiger partial charge on any atom is 0.313 e. The van der Waals surface area contributed by atoms with Crippen LogP contribution in [0, 0.1) is 0 Å². The number of aliphatic carboxylic acids is 1. The zero-order valence-electron chi connectivity index (χ0n) is 9.11. The van der Waals surface area contributed by atoms with Crippen LogP contribution in [-0.4, -0.2) is 26.6 Å². The van der Waals surface area contributed by atoms with Crippen molar-refractivity contribution in [2.75, 3.05) is 5.75 Å². The second-order valence-corrected chi connectivity index (χ2v) is 4.50. The molecule has 0 unspecified atom stereocenters. The predicted octanol–water partition coefficient (Wildman–Crippen LogP) is 2.19. The number of carboxylic acids is 1. The SMILES string of the molecule is O=C(O)CSCc1cnn(-c2ccccc2)c1. The van der Waals surface area contributed by atoms with Gasteiger partial charge in [0.05, 0.1) is 17.6 Å². The molecule has 4 nitrogen and oxygen atoms in total. The molecule has 1 aromatic carbocycles. The van der Waals surface area contributed by atoms with Crippen molar-refractivity contribution in [2.24, 2.45) is 0 Å². The van der Waals surface area contributed by atoms with E-state index in [4.69, 9.17) is 5.11 Å². The van der Waals surface area contributed by atoms with Crippen molar-refractivity contribution in [3.8, 4) is 5.69 Å². The van der Waals surface area contributed by atoms with Gasteiger partial charge < -0.3 is 5.11 Å². The van der Waals surface area contributed by atoms with E-state index in [1.165, 1.54) is 11.8 Å². The van der Waals surface area contributed by atoms with Gasteiger partial charge in [0.1, 0.15) is 0 Å². The molecule has 1 heterocycles. The molecule has 17 heavy (non-hydrogen) atoms. The number of thioether (sulfide) groups is 1. The van der Waals surface area contributed by atoms with Crippen molar-refractivity contribution in [3.05, 3.63) is 48.3 Å². The highest BCUT2D eigenvalue weighted by Gasteiger charge is 2.02. The van der Waals surface area contributed by atoms with E-state index in [9.17, 15) is 4.79 Å². The van der Waals surface area contributed by atoms with Crippen LogP contribution in [0.15, 0.2) is 42.7 Å². The normalized spacial score (nSPS) is 10.4. The minimum atomic E-state index is -0.787. The number of aromatic nitrogens is 2. The summed E-state index contributed by atoms with van der Waals surface area (Å²) in [5, 5.41) is 12.8. The molecule has 0 bridgehead atoms. The molecule has 2 rings (SSSR count). The number of hydrogen-bond donors (Lipinski definition) is 1. The zero-order chi connectivity index (χ0) is 12.1. The molecule has 5 heteroatoms. The number of benzene rings is 1. The molecule has 0 fully saturated rings. The summed E-state index contributed by atoms with van der Waals surface area (Å²) in [5.74, 6) is 0.000732. The molecule has 0 radical (unpaired) electrons. The number of carbonyl (C=O) groups is 1. The summed E-state index contributed by atoms with van der Waals surface area (Å²) in [6.07, 6.45) is 3.69. The molecule has 0 atom stereocenters. The average Bonchev–Trinajstić information content (AvgIpc) is 2.78. The Bertz CT molecular complexity index is 496. The van der Waals surface area contributed by atoms with Crippen molar-refractivity contribution >= 4 is 17.7 Å². The first-order chi connectivity index (χ1) is 8.25. The van der Waals surface area contributed by atoms with E-state index in [0.717, 1.165) is 11.3 Å². The standard InChI is InChI=1S/C12H12N2O2S/c15-12(16)9-17-8-10-6-13-14(7-10)11-4-2-1-3-5-11/h1-7H,8-9H2,(H,15,16). The van der Waals surface area contributed by atoms with Crippen LogP contribution >= 0.6 is 11.8 Å². The maximum atomic E-state index is 10.4. The van der Waals surface area contributed by atoms with Gasteiger partial charge in [-0.05, 0) is 12.1 Å². The largest absolute Gasteiger partial charge is 0.481 e. The van der Waals surface area contributed by atoms with E-state index in [0.29, 0.717) is 5.75 Å². The number of nitrogens with zero attached hydrogens (tertiary/aromatic N) is 2. The lowest BCUT2D eigenvalue weighted by Crippen LogP contribution is -1.97. The van der Waals surface area contributed by atoms with Crippen LogP contribution in [0.2, 0.25) is 0 Å². The highest BCUT2D eigenvalue weighted by Crippen LogP contribution is 2.13. The Morgan fingerprint density at radius 1 is 1.35 bits per heavy atom. The highest BCUT2D eigenvalue weighted by atomic mass is 32.2. The highest BCUT2D eigenvalue weighted by molar-refractivity contribution is 7.99. The molecule has 0 saturated carbocycles. The van der Waals surface area contributed by atoms with Gasteiger partial charge in [-0.2, -0.15) is 5.10 Å². The molecule has 0 spiro atoms. The summed E-state index contributed by atoms with van der Waals surface area (Å²) in [7, 11) is 0. The number of hydrogen-bond acceptors (Lipinski definition) is 3. The Kier molecular flexibility index (Phi) is 3.82. The van der Waals surface area contributed by atoms with E-state index in [1.54, 1.807) is 10.9 Å². The molecule has 2 aromatic rings. The number of carboxylic acid groups (broad SMARTS) is 1.